The predicted octanol–water partition coefficient (Wildman–Crippen LogP) is 5.08. The van der Waals surface area contributed by atoms with Gasteiger partial charge in [0.2, 0.25) is 5.82 Å². The molecule has 3 heterocycles. The van der Waals surface area contributed by atoms with Crippen LogP contribution < -0.4 is 10.1 Å². The number of hydrogen-bond acceptors (Lipinski definition) is 6. The van der Waals surface area contributed by atoms with Gasteiger partial charge < -0.3 is 19.3 Å². The van der Waals surface area contributed by atoms with Gasteiger partial charge in [-0.25, -0.2) is 4.79 Å². The summed E-state index contributed by atoms with van der Waals surface area (Å²) in [6.07, 6.45) is 1.92. The largest absolute Gasteiger partial charge is 0.497 e. The SMILES string of the molecule is COc1cccc(C2NC(=O)N(CC3CCCO3)C(C)=C2c2nc(-c3ccc(Cl)cc3)no2)c1. The van der Waals surface area contributed by atoms with Gasteiger partial charge in [0.1, 0.15) is 5.75 Å². The summed E-state index contributed by atoms with van der Waals surface area (Å²) in [7, 11) is 1.61. The molecule has 2 atom stereocenters. The lowest BCUT2D eigenvalue weighted by Gasteiger charge is -2.36. The highest BCUT2D eigenvalue weighted by atomic mass is 35.5. The Balaban J connectivity index is 1.57. The van der Waals surface area contributed by atoms with Gasteiger partial charge in [-0.2, -0.15) is 4.98 Å². The van der Waals surface area contributed by atoms with Crippen LogP contribution in [-0.2, 0) is 4.74 Å². The highest BCUT2D eigenvalue weighted by Crippen LogP contribution is 2.38. The molecule has 0 aliphatic carbocycles. The minimum Gasteiger partial charge on any atom is -0.497 e. The van der Waals surface area contributed by atoms with Gasteiger partial charge >= 0.3 is 6.03 Å². The highest BCUT2D eigenvalue weighted by Gasteiger charge is 2.37. The second-order valence-corrected chi connectivity index (χ2v) is 8.77. The summed E-state index contributed by atoms with van der Waals surface area (Å²) in [5, 5.41) is 7.94. The van der Waals surface area contributed by atoms with Crippen LogP contribution in [0.1, 0.15) is 37.3 Å². The van der Waals surface area contributed by atoms with E-state index in [9.17, 15) is 4.79 Å². The van der Waals surface area contributed by atoms with Crippen LogP contribution in [0.5, 0.6) is 5.75 Å². The van der Waals surface area contributed by atoms with E-state index in [1.165, 1.54) is 0 Å². The van der Waals surface area contributed by atoms with E-state index >= 15 is 0 Å². The minimum atomic E-state index is -0.484. The molecule has 0 radical (unpaired) electrons. The monoisotopic (exact) mass is 480 g/mol. The van der Waals surface area contributed by atoms with Crippen molar-refractivity contribution in [3.63, 3.8) is 0 Å². The van der Waals surface area contributed by atoms with Gasteiger partial charge in [0.05, 0.1) is 31.4 Å². The van der Waals surface area contributed by atoms with Gasteiger partial charge in [-0.3, -0.25) is 4.90 Å². The number of amides is 2. The first-order valence-corrected chi connectivity index (χ1v) is 11.6. The number of nitrogens with zero attached hydrogens (tertiary/aromatic N) is 3. The van der Waals surface area contributed by atoms with E-state index in [-0.39, 0.29) is 12.1 Å². The van der Waals surface area contributed by atoms with Crippen molar-refractivity contribution in [2.45, 2.75) is 31.9 Å². The van der Waals surface area contributed by atoms with Crippen LogP contribution >= 0.6 is 11.6 Å². The fourth-order valence-corrected chi connectivity index (χ4v) is 4.52. The molecule has 1 saturated heterocycles. The maximum atomic E-state index is 13.2. The zero-order valence-electron chi connectivity index (χ0n) is 19.0. The molecule has 2 amide bonds. The Bertz CT molecular complexity index is 1220. The topological polar surface area (TPSA) is 89.7 Å². The van der Waals surface area contributed by atoms with Gasteiger partial charge in [-0.05, 0) is 61.7 Å². The third-order valence-corrected chi connectivity index (χ3v) is 6.44. The molecule has 9 heteroatoms. The van der Waals surface area contributed by atoms with Crippen molar-refractivity contribution < 1.29 is 18.8 Å². The number of rotatable bonds is 6. The maximum absolute atomic E-state index is 13.2. The minimum absolute atomic E-state index is 0.00244. The normalized spacial score (nSPS) is 20.6. The molecule has 0 saturated carbocycles. The van der Waals surface area contributed by atoms with Gasteiger partial charge in [0.15, 0.2) is 0 Å². The average Bonchev–Trinajstić information content (AvgIpc) is 3.54. The molecular formula is C25H25ClN4O4. The maximum Gasteiger partial charge on any atom is 0.322 e. The van der Waals surface area contributed by atoms with Gasteiger partial charge in [-0.1, -0.05) is 28.9 Å². The van der Waals surface area contributed by atoms with Crippen molar-refractivity contribution in [3.8, 4) is 17.1 Å². The molecule has 3 aromatic rings. The average molecular weight is 481 g/mol. The predicted molar refractivity (Wildman–Crippen MR) is 127 cm³/mol. The van der Waals surface area contributed by atoms with Crippen molar-refractivity contribution >= 4 is 23.2 Å². The summed E-state index contributed by atoms with van der Waals surface area (Å²) in [5.41, 5.74) is 3.12. The Morgan fingerprint density at radius 3 is 2.79 bits per heavy atom. The smallest absolute Gasteiger partial charge is 0.322 e. The molecule has 34 heavy (non-hydrogen) atoms. The zero-order chi connectivity index (χ0) is 23.7. The first kappa shape index (κ1) is 22.4. The number of aromatic nitrogens is 2. The van der Waals surface area contributed by atoms with Crippen LogP contribution in [0.15, 0.2) is 58.8 Å². The number of urea groups is 1. The molecule has 1 aromatic heterocycles. The Hall–Kier alpha value is -3.36. The van der Waals surface area contributed by atoms with Crippen molar-refractivity contribution in [2.24, 2.45) is 0 Å². The van der Waals surface area contributed by atoms with Crippen LogP contribution in [0.4, 0.5) is 4.79 Å². The van der Waals surface area contributed by atoms with E-state index in [0.29, 0.717) is 29.0 Å². The van der Waals surface area contributed by atoms with Crippen molar-refractivity contribution in [1.29, 1.82) is 0 Å². The van der Waals surface area contributed by atoms with Crippen molar-refractivity contribution in [1.82, 2.24) is 20.4 Å². The van der Waals surface area contributed by atoms with Crippen molar-refractivity contribution in [2.75, 3.05) is 20.3 Å². The van der Waals surface area contributed by atoms with Gasteiger partial charge in [-0.15, -0.1) is 0 Å². The summed E-state index contributed by atoms with van der Waals surface area (Å²) in [4.78, 5) is 19.6. The van der Waals surface area contributed by atoms with Crippen LogP contribution in [0.3, 0.4) is 0 Å². The van der Waals surface area contributed by atoms with Crippen LogP contribution in [0.25, 0.3) is 17.0 Å². The Labute approximate surface area is 202 Å². The van der Waals surface area contributed by atoms with E-state index in [0.717, 1.165) is 41.8 Å². The standard InChI is InChI=1S/C25H25ClN4O4/c1-15-21(24-28-23(29-34-24)16-8-10-18(26)11-9-16)22(17-5-3-6-19(13-17)32-2)27-25(31)30(15)14-20-7-4-12-33-20/h3,5-6,8-11,13,20,22H,4,7,12,14H2,1-2H3,(H,27,31). The van der Waals surface area contributed by atoms with Crippen molar-refractivity contribution in [3.05, 3.63) is 70.7 Å². The van der Waals surface area contributed by atoms with E-state index in [1.54, 1.807) is 24.1 Å². The lowest BCUT2D eigenvalue weighted by atomic mass is 9.94. The Morgan fingerprint density at radius 1 is 1.24 bits per heavy atom. The number of carbonyl (C=O) groups is 1. The molecule has 0 spiro atoms. The molecule has 176 valence electrons. The lowest BCUT2D eigenvalue weighted by Crippen LogP contribution is -2.48. The molecular weight excluding hydrogens is 456 g/mol. The fourth-order valence-electron chi connectivity index (χ4n) is 4.39. The number of halogens is 1. The third-order valence-electron chi connectivity index (χ3n) is 6.19. The summed E-state index contributed by atoms with van der Waals surface area (Å²) in [6.45, 7) is 3.09. The number of ether oxygens (including phenoxy) is 2. The zero-order valence-corrected chi connectivity index (χ0v) is 19.7. The van der Waals surface area contributed by atoms with Gasteiger partial charge in [0.25, 0.3) is 5.89 Å². The lowest BCUT2D eigenvalue weighted by molar-refractivity contribution is 0.0877. The molecule has 0 bridgehead atoms. The molecule has 2 unspecified atom stereocenters. The number of methoxy groups -OCH3 is 1. The molecule has 2 aliphatic heterocycles. The third kappa shape index (κ3) is 4.38. The van der Waals surface area contributed by atoms with Crippen LogP contribution in [-0.4, -0.2) is 47.4 Å². The van der Waals surface area contributed by atoms with Gasteiger partial charge in [0, 0.05) is 22.9 Å². The number of hydrogen-bond donors (Lipinski definition) is 1. The van der Waals surface area contributed by atoms with Crippen LogP contribution in [0.2, 0.25) is 5.02 Å². The number of carbonyl (C=O) groups excluding carboxylic acids is 1. The van der Waals surface area contributed by atoms with E-state index in [2.05, 4.69) is 15.5 Å². The van der Waals surface area contributed by atoms with E-state index in [4.69, 9.17) is 25.6 Å². The first-order valence-electron chi connectivity index (χ1n) is 11.2. The molecule has 2 aliphatic rings. The highest BCUT2D eigenvalue weighted by molar-refractivity contribution is 6.30. The first-order chi connectivity index (χ1) is 16.5. The number of allylic oxidation sites excluding steroid dienone is 1. The Kier molecular flexibility index (Phi) is 6.26. The summed E-state index contributed by atoms with van der Waals surface area (Å²) in [6, 6.07) is 14.1. The second kappa shape index (κ2) is 9.48. The Morgan fingerprint density at radius 2 is 2.06 bits per heavy atom. The molecule has 1 fully saturated rings. The van der Waals surface area contributed by atoms with E-state index < -0.39 is 6.04 Å². The number of nitrogens with one attached hydrogen (secondary N) is 1. The number of benzene rings is 2. The molecule has 2 aromatic carbocycles. The second-order valence-electron chi connectivity index (χ2n) is 8.33. The molecule has 1 N–H and O–H groups in total. The molecule has 5 rings (SSSR count). The fraction of sp³-hybridized carbons (Fsp3) is 0.320. The quantitative estimate of drug-likeness (QED) is 0.529. The van der Waals surface area contributed by atoms with Crippen LogP contribution in [0, 0.1) is 0 Å². The summed E-state index contributed by atoms with van der Waals surface area (Å²) in [5.74, 6) is 1.48. The summed E-state index contributed by atoms with van der Waals surface area (Å²) < 4.78 is 16.9. The molecule has 8 nitrogen and oxygen atoms in total. The van der Waals surface area contributed by atoms with E-state index in [1.807, 2.05) is 43.3 Å². The summed E-state index contributed by atoms with van der Waals surface area (Å²) >= 11 is 6.02.